The molecule has 0 saturated heterocycles. The average Bonchev–Trinajstić information content (AvgIpc) is 2.98. The topological polar surface area (TPSA) is 38.8 Å². The first-order chi connectivity index (χ1) is 15.8. The van der Waals surface area contributed by atoms with Crippen molar-refractivity contribution in [1.29, 1.82) is 0 Å². The van der Waals surface area contributed by atoms with E-state index in [1.807, 2.05) is 18.2 Å². The summed E-state index contributed by atoms with van der Waals surface area (Å²) in [5.41, 5.74) is 2.54. The van der Waals surface area contributed by atoms with Gasteiger partial charge in [0, 0.05) is 19.1 Å². The number of carbonyl (C=O) groups is 1. The van der Waals surface area contributed by atoms with Crippen molar-refractivity contribution in [3.05, 3.63) is 70.8 Å². The van der Waals surface area contributed by atoms with Gasteiger partial charge in [0.15, 0.2) is 0 Å². The number of fused-ring (bicyclic) bond motifs is 1. The van der Waals surface area contributed by atoms with Gasteiger partial charge in [0.2, 0.25) is 0 Å². The van der Waals surface area contributed by atoms with Crippen LogP contribution in [0.3, 0.4) is 0 Å². The molecular weight excluding hydrogens is 431 g/mol. The van der Waals surface area contributed by atoms with Gasteiger partial charge < -0.3 is 9.47 Å². The van der Waals surface area contributed by atoms with Crippen LogP contribution in [-0.4, -0.2) is 43.7 Å². The van der Waals surface area contributed by atoms with Crippen molar-refractivity contribution >= 4 is 12.0 Å². The van der Waals surface area contributed by atoms with Crippen molar-refractivity contribution in [2.45, 2.75) is 37.9 Å². The molecule has 1 aliphatic heterocycles. The predicted molar refractivity (Wildman–Crippen MR) is 120 cm³/mol. The maximum absolute atomic E-state index is 12.7. The first kappa shape index (κ1) is 23.4. The molecule has 4 nitrogen and oxygen atoms in total. The van der Waals surface area contributed by atoms with Crippen LogP contribution < -0.4 is 4.74 Å². The molecule has 4 rings (SSSR count). The van der Waals surface area contributed by atoms with Gasteiger partial charge >= 0.3 is 12.1 Å². The molecule has 1 aliphatic carbocycles. The van der Waals surface area contributed by atoms with E-state index in [9.17, 15) is 18.0 Å². The normalized spacial score (nSPS) is 21.2. The van der Waals surface area contributed by atoms with Crippen LogP contribution in [0.25, 0.3) is 6.08 Å². The molecule has 33 heavy (non-hydrogen) atoms. The third-order valence-electron chi connectivity index (χ3n) is 6.59. The second kappa shape index (κ2) is 10.00. The second-order valence-electron chi connectivity index (χ2n) is 8.61. The van der Waals surface area contributed by atoms with E-state index in [4.69, 9.17) is 9.47 Å². The van der Waals surface area contributed by atoms with E-state index in [2.05, 4.69) is 11.0 Å². The lowest BCUT2D eigenvalue weighted by molar-refractivity contribution is -0.150. The highest BCUT2D eigenvalue weighted by atomic mass is 19.4. The molecule has 0 unspecified atom stereocenters. The molecule has 7 heteroatoms. The lowest BCUT2D eigenvalue weighted by Gasteiger charge is -2.41. The lowest BCUT2D eigenvalue weighted by Crippen LogP contribution is -2.48. The number of hydrogen-bond donors (Lipinski definition) is 0. The minimum absolute atomic E-state index is 0.0287. The Balaban J connectivity index is 1.32. The SMILES string of the molecule is COC(=O)C1CC(N2CCc3cccc(OC/C=C/c4ccc(C(F)(F)F)cc4)c3CC2)C1. The molecule has 2 aromatic carbocycles. The van der Waals surface area contributed by atoms with E-state index < -0.39 is 11.7 Å². The summed E-state index contributed by atoms with van der Waals surface area (Å²) >= 11 is 0. The molecule has 176 valence electrons. The summed E-state index contributed by atoms with van der Waals surface area (Å²) in [6.45, 7) is 2.22. The summed E-state index contributed by atoms with van der Waals surface area (Å²) in [4.78, 5) is 14.1. The van der Waals surface area contributed by atoms with Gasteiger partial charge in [-0.2, -0.15) is 13.2 Å². The monoisotopic (exact) mass is 459 g/mol. The molecule has 1 fully saturated rings. The Hall–Kier alpha value is -2.80. The van der Waals surface area contributed by atoms with Crippen LogP contribution in [0.15, 0.2) is 48.5 Å². The number of ether oxygens (including phenoxy) is 2. The standard InChI is InChI=1S/C26H28F3NO3/c1-32-25(31)20-16-22(17-20)30-13-11-19-5-2-6-24(23(19)12-14-30)33-15-3-4-18-7-9-21(10-8-18)26(27,28)29/h2-10,20,22H,11-17H2,1H3/b4-3+. The van der Waals surface area contributed by atoms with E-state index in [-0.39, 0.29) is 11.9 Å². The molecule has 0 atom stereocenters. The van der Waals surface area contributed by atoms with Crippen LogP contribution >= 0.6 is 0 Å². The molecule has 1 saturated carbocycles. The van der Waals surface area contributed by atoms with Crippen molar-refractivity contribution in [1.82, 2.24) is 4.90 Å². The maximum Gasteiger partial charge on any atom is 0.416 e. The lowest BCUT2D eigenvalue weighted by atomic mass is 9.79. The molecule has 0 bridgehead atoms. The molecule has 0 aromatic heterocycles. The number of nitrogens with zero attached hydrogens (tertiary/aromatic N) is 1. The molecule has 1 heterocycles. The molecule has 0 spiro atoms. The van der Waals surface area contributed by atoms with Crippen molar-refractivity contribution in [2.75, 3.05) is 26.8 Å². The average molecular weight is 460 g/mol. The van der Waals surface area contributed by atoms with Crippen molar-refractivity contribution in [2.24, 2.45) is 5.92 Å². The number of rotatable bonds is 6. The number of methoxy groups -OCH3 is 1. The molecule has 2 aromatic rings. The van der Waals surface area contributed by atoms with Crippen LogP contribution in [0.4, 0.5) is 13.2 Å². The number of esters is 1. The van der Waals surface area contributed by atoms with Gasteiger partial charge in [0.1, 0.15) is 12.4 Å². The van der Waals surface area contributed by atoms with Gasteiger partial charge in [0.05, 0.1) is 18.6 Å². The predicted octanol–water partition coefficient (Wildman–Crippen LogP) is 5.15. The fourth-order valence-electron chi connectivity index (χ4n) is 4.61. The maximum atomic E-state index is 12.7. The highest BCUT2D eigenvalue weighted by molar-refractivity contribution is 5.73. The van der Waals surface area contributed by atoms with Gasteiger partial charge in [-0.3, -0.25) is 9.69 Å². The number of benzene rings is 2. The van der Waals surface area contributed by atoms with E-state index in [0.717, 1.165) is 56.7 Å². The Kier molecular flexibility index (Phi) is 7.08. The molecule has 0 N–H and O–H groups in total. The molecule has 2 aliphatic rings. The summed E-state index contributed by atoms with van der Waals surface area (Å²) in [5, 5.41) is 0. The minimum Gasteiger partial charge on any atom is -0.489 e. The second-order valence-corrected chi connectivity index (χ2v) is 8.61. The van der Waals surface area contributed by atoms with E-state index in [0.29, 0.717) is 18.2 Å². The highest BCUT2D eigenvalue weighted by Gasteiger charge is 2.39. The smallest absolute Gasteiger partial charge is 0.416 e. The highest BCUT2D eigenvalue weighted by Crippen LogP contribution is 2.35. The third kappa shape index (κ3) is 5.58. The fourth-order valence-corrected chi connectivity index (χ4v) is 4.61. The van der Waals surface area contributed by atoms with Crippen LogP contribution in [-0.2, 0) is 28.5 Å². The van der Waals surface area contributed by atoms with E-state index in [1.165, 1.54) is 30.4 Å². The Morgan fingerprint density at radius 3 is 2.52 bits per heavy atom. The van der Waals surface area contributed by atoms with Crippen molar-refractivity contribution in [3.8, 4) is 5.75 Å². The fraction of sp³-hybridized carbons (Fsp3) is 0.423. The van der Waals surface area contributed by atoms with Crippen LogP contribution in [0.5, 0.6) is 5.75 Å². The number of hydrogen-bond acceptors (Lipinski definition) is 4. The molecule has 0 radical (unpaired) electrons. The molecule has 0 amide bonds. The Morgan fingerprint density at radius 2 is 1.82 bits per heavy atom. The first-order valence-corrected chi connectivity index (χ1v) is 11.2. The number of carbonyl (C=O) groups excluding carboxylic acids is 1. The van der Waals surface area contributed by atoms with Gasteiger partial charge in [-0.15, -0.1) is 0 Å². The summed E-state index contributed by atoms with van der Waals surface area (Å²) in [6.07, 6.45) is 2.79. The van der Waals surface area contributed by atoms with Gasteiger partial charge in [0.25, 0.3) is 0 Å². The zero-order valence-electron chi connectivity index (χ0n) is 18.6. The van der Waals surface area contributed by atoms with E-state index in [1.54, 1.807) is 6.08 Å². The van der Waals surface area contributed by atoms with Crippen molar-refractivity contribution in [3.63, 3.8) is 0 Å². The number of halogens is 3. The number of alkyl halides is 3. The van der Waals surface area contributed by atoms with E-state index >= 15 is 0 Å². The minimum atomic E-state index is -4.33. The summed E-state index contributed by atoms with van der Waals surface area (Å²) in [7, 11) is 1.44. The van der Waals surface area contributed by atoms with Crippen LogP contribution in [0.1, 0.15) is 35.1 Å². The molecular formula is C26H28F3NO3. The Bertz CT molecular complexity index is 995. The zero-order chi connectivity index (χ0) is 23.4. The van der Waals surface area contributed by atoms with Gasteiger partial charge in [-0.25, -0.2) is 0 Å². The first-order valence-electron chi connectivity index (χ1n) is 11.2. The Labute approximate surface area is 192 Å². The Morgan fingerprint density at radius 1 is 1.09 bits per heavy atom. The third-order valence-corrected chi connectivity index (χ3v) is 6.59. The van der Waals surface area contributed by atoms with Crippen LogP contribution in [0.2, 0.25) is 0 Å². The zero-order valence-corrected chi connectivity index (χ0v) is 18.6. The summed E-state index contributed by atoms with van der Waals surface area (Å²) in [6, 6.07) is 11.6. The van der Waals surface area contributed by atoms with Crippen molar-refractivity contribution < 1.29 is 27.4 Å². The summed E-state index contributed by atoms with van der Waals surface area (Å²) < 4.78 is 48.9. The van der Waals surface area contributed by atoms with Gasteiger partial charge in [-0.05, 0) is 66.6 Å². The summed E-state index contributed by atoms with van der Waals surface area (Å²) in [5.74, 6) is 0.776. The largest absolute Gasteiger partial charge is 0.489 e. The van der Waals surface area contributed by atoms with Crippen LogP contribution in [0, 0.1) is 5.92 Å². The quantitative estimate of drug-likeness (QED) is 0.560. The van der Waals surface area contributed by atoms with Gasteiger partial charge in [-0.1, -0.05) is 30.3 Å².